The Balaban J connectivity index is 1.98. The van der Waals surface area contributed by atoms with Crippen molar-refractivity contribution in [2.75, 3.05) is 0 Å². The lowest BCUT2D eigenvalue weighted by atomic mass is 10.1. The van der Waals surface area contributed by atoms with Crippen LogP contribution >= 0.6 is 0 Å². The highest BCUT2D eigenvalue weighted by Gasteiger charge is 2.38. The molecule has 0 saturated heterocycles. The number of alkyl halides is 3. The molecule has 0 radical (unpaired) electrons. The van der Waals surface area contributed by atoms with Gasteiger partial charge in [0, 0.05) is 18.0 Å². The number of hydrogen-bond donors (Lipinski definition) is 0. The maximum absolute atomic E-state index is 13.5. The summed E-state index contributed by atoms with van der Waals surface area (Å²) in [6, 6.07) is 13.3. The SMILES string of the molecule is O=c1c(-c2cnn(-c3ccccc3)c2)c(C(F)(F)F)nc2ccccn12. The first-order chi connectivity index (χ1) is 12.4. The van der Waals surface area contributed by atoms with Crippen LogP contribution < -0.4 is 5.56 Å². The summed E-state index contributed by atoms with van der Waals surface area (Å²) in [5.74, 6) is 0. The Kier molecular flexibility index (Phi) is 3.61. The minimum absolute atomic E-state index is 0.0527. The lowest BCUT2D eigenvalue weighted by Crippen LogP contribution is -2.23. The molecule has 3 heterocycles. The van der Waals surface area contributed by atoms with Crippen LogP contribution in [0, 0.1) is 0 Å². The number of aromatic nitrogens is 4. The van der Waals surface area contributed by atoms with Gasteiger partial charge >= 0.3 is 6.18 Å². The van der Waals surface area contributed by atoms with Crippen molar-refractivity contribution in [3.8, 4) is 16.8 Å². The van der Waals surface area contributed by atoms with Gasteiger partial charge in [-0.05, 0) is 24.3 Å². The van der Waals surface area contributed by atoms with Gasteiger partial charge in [-0.1, -0.05) is 24.3 Å². The Morgan fingerprint density at radius 1 is 0.962 bits per heavy atom. The molecule has 0 bridgehead atoms. The van der Waals surface area contributed by atoms with Crippen LogP contribution in [0.5, 0.6) is 0 Å². The van der Waals surface area contributed by atoms with Crippen LogP contribution in [0.4, 0.5) is 13.2 Å². The second-order valence-corrected chi connectivity index (χ2v) is 5.58. The normalized spacial score (nSPS) is 11.8. The number of nitrogens with zero attached hydrogens (tertiary/aromatic N) is 4. The largest absolute Gasteiger partial charge is 0.434 e. The molecule has 0 spiro atoms. The number of hydrogen-bond acceptors (Lipinski definition) is 3. The van der Waals surface area contributed by atoms with E-state index >= 15 is 0 Å². The predicted octanol–water partition coefficient (Wildman–Crippen LogP) is 3.57. The molecule has 4 rings (SSSR count). The number of pyridine rings is 1. The van der Waals surface area contributed by atoms with Gasteiger partial charge < -0.3 is 0 Å². The smallest absolute Gasteiger partial charge is 0.268 e. The Labute approximate surface area is 145 Å². The number of halogens is 3. The van der Waals surface area contributed by atoms with Gasteiger partial charge in [0.25, 0.3) is 5.56 Å². The van der Waals surface area contributed by atoms with E-state index in [9.17, 15) is 18.0 Å². The van der Waals surface area contributed by atoms with Crippen molar-refractivity contribution in [2.45, 2.75) is 6.18 Å². The second-order valence-electron chi connectivity index (χ2n) is 5.58. The number of para-hydroxylation sites is 1. The minimum atomic E-state index is -4.77. The Hall–Kier alpha value is -3.42. The first-order valence-electron chi connectivity index (χ1n) is 7.64. The van der Waals surface area contributed by atoms with Crippen molar-refractivity contribution >= 4 is 5.65 Å². The quantitative estimate of drug-likeness (QED) is 0.552. The summed E-state index contributed by atoms with van der Waals surface area (Å²) in [5.41, 5.74) is -1.89. The maximum atomic E-state index is 13.5. The van der Waals surface area contributed by atoms with E-state index in [0.29, 0.717) is 5.69 Å². The summed E-state index contributed by atoms with van der Waals surface area (Å²) in [6.07, 6.45) is -0.766. The lowest BCUT2D eigenvalue weighted by Gasteiger charge is -2.12. The van der Waals surface area contributed by atoms with E-state index in [4.69, 9.17) is 0 Å². The van der Waals surface area contributed by atoms with Crippen LogP contribution in [0.2, 0.25) is 0 Å². The predicted molar refractivity (Wildman–Crippen MR) is 89.0 cm³/mol. The molecule has 0 aliphatic heterocycles. The van der Waals surface area contributed by atoms with E-state index in [1.165, 1.54) is 35.4 Å². The van der Waals surface area contributed by atoms with Gasteiger partial charge in [0.05, 0.1) is 17.4 Å². The zero-order valence-electron chi connectivity index (χ0n) is 13.2. The zero-order valence-corrected chi connectivity index (χ0v) is 13.2. The average Bonchev–Trinajstić information content (AvgIpc) is 3.11. The Morgan fingerprint density at radius 2 is 1.69 bits per heavy atom. The fourth-order valence-corrected chi connectivity index (χ4v) is 2.73. The molecule has 0 N–H and O–H groups in total. The van der Waals surface area contributed by atoms with Gasteiger partial charge in [-0.2, -0.15) is 18.3 Å². The van der Waals surface area contributed by atoms with Gasteiger partial charge in [0.15, 0.2) is 5.69 Å². The van der Waals surface area contributed by atoms with Gasteiger partial charge in [-0.25, -0.2) is 9.67 Å². The molecular formula is C18H11F3N4O. The van der Waals surface area contributed by atoms with Crippen LogP contribution in [0.25, 0.3) is 22.5 Å². The fourth-order valence-electron chi connectivity index (χ4n) is 2.73. The Morgan fingerprint density at radius 3 is 2.42 bits per heavy atom. The molecule has 5 nitrogen and oxygen atoms in total. The topological polar surface area (TPSA) is 52.2 Å². The van der Waals surface area contributed by atoms with E-state index in [-0.39, 0.29) is 11.2 Å². The van der Waals surface area contributed by atoms with E-state index in [1.54, 1.807) is 30.3 Å². The molecular weight excluding hydrogens is 345 g/mol. The van der Waals surface area contributed by atoms with E-state index in [2.05, 4.69) is 10.1 Å². The molecule has 0 aliphatic rings. The molecule has 4 aromatic rings. The third-order valence-electron chi connectivity index (χ3n) is 3.89. The van der Waals surface area contributed by atoms with Crippen LogP contribution in [-0.4, -0.2) is 19.2 Å². The summed E-state index contributed by atoms with van der Waals surface area (Å²) in [7, 11) is 0. The molecule has 130 valence electrons. The van der Waals surface area contributed by atoms with Crippen molar-refractivity contribution < 1.29 is 13.2 Å². The highest BCUT2D eigenvalue weighted by Crippen LogP contribution is 2.34. The number of benzene rings is 1. The molecule has 3 aromatic heterocycles. The summed E-state index contributed by atoms with van der Waals surface area (Å²) in [4.78, 5) is 16.4. The molecule has 1 aromatic carbocycles. The third kappa shape index (κ3) is 2.65. The first-order valence-corrected chi connectivity index (χ1v) is 7.64. The summed E-state index contributed by atoms with van der Waals surface area (Å²) >= 11 is 0. The first kappa shape index (κ1) is 16.1. The van der Waals surface area contributed by atoms with Crippen molar-refractivity contribution in [2.24, 2.45) is 0 Å². The summed E-state index contributed by atoms with van der Waals surface area (Å²) in [5, 5.41) is 4.08. The summed E-state index contributed by atoms with van der Waals surface area (Å²) < 4.78 is 43.1. The van der Waals surface area contributed by atoms with E-state index < -0.39 is 23.0 Å². The van der Waals surface area contributed by atoms with Gasteiger partial charge in [0.1, 0.15) is 5.65 Å². The molecule has 0 saturated carbocycles. The van der Waals surface area contributed by atoms with Crippen LogP contribution in [0.1, 0.15) is 5.69 Å². The van der Waals surface area contributed by atoms with Gasteiger partial charge in [0.2, 0.25) is 0 Å². The molecule has 0 aliphatic carbocycles. The van der Waals surface area contributed by atoms with Crippen LogP contribution in [-0.2, 0) is 6.18 Å². The van der Waals surface area contributed by atoms with Gasteiger partial charge in [-0.15, -0.1) is 0 Å². The molecule has 8 heteroatoms. The highest BCUT2D eigenvalue weighted by molar-refractivity contribution is 5.66. The lowest BCUT2D eigenvalue weighted by molar-refractivity contribution is -0.140. The zero-order chi connectivity index (χ0) is 18.3. The van der Waals surface area contributed by atoms with Crippen molar-refractivity contribution in [3.63, 3.8) is 0 Å². The van der Waals surface area contributed by atoms with E-state index in [1.807, 2.05) is 6.07 Å². The number of rotatable bonds is 2. The van der Waals surface area contributed by atoms with Crippen LogP contribution in [0.3, 0.4) is 0 Å². The average molecular weight is 356 g/mol. The highest BCUT2D eigenvalue weighted by atomic mass is 19.4. The second kappa shape index (κ2) is 5.83. The summed E-state index contributed by atoms with van der Waals surface area (Å²) in [6.45, 7) is 0. The molecule has 0 fully saturated rings. The Bertz CT molecular complexity index is 1150. The monoisotopic (exact) mass is 356 g/mol. The molecule has 26 heavy (non-hydrogen) atoms. The molecule has 0 atom stereocenters. The van der Waals surface area contributed by atoms with Gasteiger partial charge in [-0.3, -0.25) is 9.20 Å². The van der Waals surface area contributed by atoms with Crippen molar-refractivity contribution in [1.29, 1.82) is 0 Å². The third-order valence-corrected chi connectivity index (χ3v) is 3.89. The number of fused-ring (bicyclic) bond motifs is 1. The van der Waals surface area contributed by atoms with Crippen molar-refractivity contribution in [3.05, 3.63) is 83.2 Å². The molecule has 0 unspecified atom stereocenters. The van der Waals surface area contributed by atoms with Crippen molar-refractivity contribution in [1.82, 2.24) is 19.2 Å². The maximum Gasteiger partial charge on any atom is 0.434 e. The standard InChI is InChI=1S/C18H11F3N4O/c19-18(20,21)16-15(17(26)24-9-5-4-8-14(24)23-16)12-10-22-25(11-12)13-6-2-1-3-7-13/h1-11H. The minimum Gasteiger partial charge on any atom is -0.268 e. The fraction of sp³-hybridized carbons (Fsp3) is 0.0556. The molecule has 0 amide bonds. The van der Waals surface area contributed by atoms with E-state index in [0.717, 1.165) is 4.40 Å². The van der Waals surface area contributed by atoms with Crippen LogP contribution in [0.15, 0.2) is 71.9 Å².